The number of alkyl halides is 3. The van der Waals surface area contributed by atoms with Gasteiger partial charge in [0.25, 0.3) is 0 Å². The van der Waals surface area contributed by atoms with E-state index in [0.717, 1.165) is 18.0 Å². The summed E-state index contributed by atoms with van der Waals surface area (Å²) in [6.07, 6.45) is -1.01. The van der Waals surface area contributed by atoms with Crippen molar-refractivity contribution in [2.45, 2.75) is 18.6 Å². The van der Waals surface area contributed by atoms with E-state index in [9.17, 15) is 18.0 Å². The second kappa shape index (κ2) is 8.79. The number of hydrogen-bond acceptors (Lipinski definition) is 6. The van der Waals surface area contributed by atoms with Gasteiger partial charge in [0.15, 0.2) is 0 Å². The molecule has 0 fully saturated rings. The molecule has 0 radical (unpaired) electrons. The number of nitrogens with two attached hydrogens (primary N) is 1. The van der Waals surface area contributed by atoms with Crippen molar-refractivity contribution in [3.8, 4) is 0 Å². The van der Waals surface area contributed by atoms with Gasteiger partial charge in [-0.2, -0.15) is 24.9 Å². The molecule has 1 aromatic heterocycles. The van der Waals surface area contributed by atoms with Crippen LogP contribution in [0.2, 0.25) is 0 Å². The molecule has 0 aromatic carbocycles. The van der Waals surface area contributed by atoms with Crippen LogP contribution in [0.1, 0.15) is 12.1 Å². The van der Waals surface area contributed by atoms with Crippen LogP contribution in [0.15, 0.2) is 12.3 Å². The summed E-state index contributed by atoms with van der Waals surface area (Å²) in [4.78, 5) is 18.6. The summed E-state index contributed by atoms with van der Waals surface area (Å²) >= 11 is 1.60. The number of carbonyl (C=O) groups excluding carboxylic acids is 1. The fourth-order valence-corrected chi connectivity index (χ4v) is 1.96. The summed E-state index contributed by atoms with van der Waals surface area (Å²) in [6.45, 7) is 0.410. The van der Waals surface area contributed by atoms with Gasteiger partial charge in [-0.3, -0.25) is 4.79 Å². The zero-order chi connectivity index (χ0) is 16.6. The highest BCUT2D eigenvalue weighted by Gasteiger charge is 2.32. The minimum absolute atomic E-state index is 0.143. The quantitative estimate of drug-likeness (QED) is 0.615. The molecule has 124 valence electrons. The minimum Gasteiger partial charge on any atom is -0.353 e. The first-order valence-electron chi connectivity index (χ1n) is 6.51. The Morgan fingerprint density at radius 1 is 1.45 bits per heavy atom. The van der Waals surface area contributed by atoms with Crippen LogP contribution in [0, 0.1) is 0 Å². The standard InChI is InChI=1S/C12H18F3N5OS/c1-22-7-3-8(16)10(21)17-5-6-19-11-18-4-2-9(20-11)12(13,14)15/h2,4,8H,3,5-7,16H2,1H3,(H,17,21)(H,18,19,20)/t8-/m0/s1. The molecule has 10 heteroatoms. The fourth-order valence-electron chi connectivity index (χ4n) is 1.47. The second-order valence-electron chi connectivity index (χ2n) is 4.37. The van der Waals surface area contributed by atoms with Crippen molar-refractivity contribution in [1.29, 1.82) is 0 Å². The van der Waals surface area contributed by atoms with Crippen molar-refractivity contribution >= 4 is 23.6 Å². The third kappa shape index (κ3) is 6.48. The number of nitrogens with one attached hydrogen (secondary N) is 2. The molecule has 0 bridgehead atoms. The number of anilines is 1. The number of carbonyl (C=O) groups is 1. The Bertz CT molecular complexity index is 486. The number of nitrogens with zero attached hydrogens (tertiary/aromatic N) is 2. The highest BCUT2D eigenvalue weighted by molar-refractivity contribution is 7.98. The molecule has 0 aliphatic heterocycles. The number of amides is 1. The lowest BCUT2D eigenvalue weighted by Gasteiger charge is -2.12. The maximum Gasteiger partial charge on any atom is 0.433 e. The Morgan fingerprint density at radius 2 is 2.18 bits per heavy atom. The predicted octanol–water partition coefficient (Wildman–Crippen LogP) is 1.10. The maximum atomic E-state index is 12.5. The van der Waals surface area contributed by atoms with Crippen LogP contribution >= 0.6 is 11.8 Å². The molecule has 0 spiro atoms. The van der Waals surface area contributed by atoms with Gasteiger partial charge >= 0.3 is 6.18 Å². The summed E-state index contributed by atoms with van der Waals surface area (Å²) in [5.74, 6) is 0.349. The van der Waals surface area contributed by atoms with E-state index in [4.69, 9.17) is 5.73 Å². The van der Waals surface area contributed by atoms with Crippen LogP contribution in [0.5, 0.6) is 0 Å². The Kier molecular flexibility index (Phi) is 7.39. The molecule has 1 rings (SSSR count). The van der Waals surface area contributed by atoms with Crippen LogP contribution in [0.4, 0.5) is 19.1 Å². The molecule has 0 saturated heterocycles. The number of rotatable bonds is 8. The van der Waals surface area contributed by atoms with Crippen LogP contribution < -0.4 is 16.4 Å². The molecule has 1 atom stereocenters. The van der Waals surface area contributed by atoms with E-state index in [-0.39, 0.29) is 24.9 Å². The van der Waals surface area contributed by atoms with E-state index in [0.29, 0.717) is 6.42 Å². The molecule has 0 aliphatic carbocycles. The normalized spacial score (nSPS) is 12.8. The smallest absolute Gasteiger partial charge is 0.353 e. The molecule has 1 heterocycles. The summed E-state index contributed by atoms with van der Waals surface area (Å²) in [5.41, 5.74) is 4.65. The Hall–Kier alpha value is -1.55. The SMILES string of the molecule is CSCC[C@H](N)C(=O)NCCNc1nccc(C(F)(F)F)n1. The third-order valence-corrected chi connectivity index (χ3v) is 3.27. The van der Waals surface area contributed by atoms with Gasteiger partial charge in [0.2, 0.25) is 11.9 Å². The Balaban J connectivity index is 2.34. The van der Waals surface area contributed by atoms with Gasteiger partial charge in [0, 0.05) is 19.3 Å². The lowest BCUT2D eigenvalue weighted by molar-refractivity contribution is -0.141. The highest BCUT2D eigenvalue weighted by atomic mass is 32.2. The van der Waals surface area contributed by atoms with Crippen molar-refractivity contribution < 1.29 is 18.0 Å². The Labute approximate surface area is 130 Å². The first-order chi connectivity index (χ1) is 10.3. The zero-order valence-electron chi connectivity index (χ0n) is 12.0. The van der Waals surface area contributed by atoms with Gasteiger partial charge in [0.1, 0.15) is 5.69 Å². The van der Waals surface area contributed by atoms with E-state index >= 15 is 0 Å². The zero-order valence-corrected chi connectivity index (χ0v) is 12.8. The molecule has 1 aromatic rings. The molecule has 6 nitrogen and oxygen atoms in total. The van der Waals surface area contributed by atoms with Crippen LogP contribution in [0.25, 0.3) is 0 Å². The first kappa shape index (κ1) is 18.5. The van der Waals surface area contributed by atoms with Crippen LogP contribution in [-0.2, 0) is 11.0 Å². The monoisotopic (exact) mass is 337 g/mol. The number of thioether (sulfide) groups is 1. The molecular formula is C12H18F3N5OS. The van der Waals surface area contributed by atoms with Gasteiger partial charge in [0.05, 0.1) is 6.04 Å². The van der Waals surface area contributed by atoms with E-state index in [1.165, 1.54) is 0 Å². The molecule has 0 unspecified atom stereocenters. The van der Waals surface area contributed by atoms with Gasteiger partial charge in [-0.15, -0.1) is 0 Å². The number of hydrogen-bond donors (Lipinski definition) is 3. The lowest BCUT2D eigenvalue weighted by atomic mass is 10.2. The largest absolute Gasteiger partial charge is 0.433 e. The molecule has 4 N–H and O–H groups in total. The molecular weight excluding hydrogens is 319 g/mol. The maximum absolute atomic E-state index is 12.5. The number of halogens is 3. The second-order valence-corrected chi connectivity index (χ2v) is 5.35. The van der Waals surface area contributed by atoms with Crippen molar-refractivity contribution in [1.82, 2.24) is 15.3 Å². The van der Waals surface area contributed by atoms with Gasteiger partial charge in [-0.25, -0.2) is 9.97 Å². The highest BCUT2D eigenvalue weighted by Crippen LogP contribution is 2.27. The summed E-state index contributed by atoms with van der Waals surface area (Å²) in [6, 6.07) is 0.204. The van der Waals surface area contributed by atoms with E-state index in [1.807, 2.05) is 6.26 Å². The molecule has 22 heavy (non-hydrogen) atoms. The van der Waals surface area contributed by atoms with Crippen LogP contribution in [0.3, 0.4) is 0 Å². The summed E-state index contributed by atoms with van der Waals surface area (Å²) < 4.78 is 37.4. The third-order valence-electron chi connectivity index (χ3n) is 2.62. The van der Waals surface area contributed by atoms with Gasteiger partial charge in [-0.05, 0) is 24.5 Å². The molecule has 1 amide bonds. The van der Waals surface area contributed by atoms with Crippen molar-refractivity contribution in [2.75, 3.05) is 30.4 Å². The first-order valence-corrected chi connectivity index (χ1v) is 7.90. The van der Waals surface area contributed by atoms with Crippen molar-refractivity contribution in [3.05, 3.63) is 18.0 Å². The lowest BCUT2D eigenvalue weighted by Crippen LogP contribution is -2.42. The van der Waals surface area contributed by atoms with E-state index in [1.54, 1.807) is 11.8 Å². The minimum atomic E-state index is -4.52. The van der Waals surface area contributed by atoms with Gasteiger partial charge in [-0.1, -0.05) is 0 Å². The van der Waals surface area contributed by atoms with Crippen molar-refractivity contribution in [3.63, 3.8) is 0 Å². The predicted molar refractivity (Wildman–Crippen MR) is 79.5 cm³/mol. The average molecular weight is 337 g/mol. The van der Waals surface area contributed by atoms with Gasteiger partial charge < -0.3 is 16.4 Å². The fraction of sp³-hybridized carbons (Fsp3) is 0.583. The topological polar surface area (TPSA) is 92.9 Å². The summed E-state index contributed by atoms with van der Waals surface area (Å²) in [5, 5.41) is 5.21. The van der Waals surface area contributed by atoms with Crippen molar-refractivity contribution in [2.24, 2.45) is 5.73 Å². The molecule has 0 aliphatic rings. The number of aromatic nitrogens is 2. The average Bonchev–Trinajstić information content (AvgIpc) is 2.48. The van der Waals surface area contributed by atoms with E-state index in [2.05, 4.69) is 20.6 Å². The van der Waals surface area contributed by atoms with E-state index < -0.39 is 17.9 Å². The molecule has 0 saturated carbocycles. The summed E-state index contributed by atoms with van der Waals surface area (Å²) in [7, 11) is 0. The Morgan fingerprint density at radius 3 is 2.82 bits per heavy atom. The van der Waals surface area contributed by atoms with Crippen LogP contribution in [-0.4, -0.2) is 47.0 Å².